The van der Waals surface area contributed by atoms with Gasteiger partial charge in [0.15, 0.2) is 17.4 Å². The quantitative estimate of drug-likeness (QED) is 0.610. The van der Waals surface area contributed by atoms with Crippen LogP contribution in [0.25, 0.3) is 0 Å². The zero-order chi connectivity index (χ0) is 13.5. The molecule has 0 heterocycles. The predicted octanol–water partition coefficient (Wildman–Crippen LogP) is 0.832. The molecular formula is C12H28Al2O3. The Morgan fingerprint density at radius 3 is 1.41 bits per heavy atom. The van der Waals surface area contributed by atoms with Gasteiger partial charge in [-0.2, -0.15) is 0 Å². The van der Waals surface area contributed by atoms with Gasteiger partial charge in [-0.05, 0) is 18.8 Å². The van der Waals surface area contributed by atoms with Gasteiger partial charge in [-0.25, -0.2) is 0 Å². The maximum absolute atomic E-state index is 11.4. The van der Waals surface area contributed by atoms with Gasteiger partial charge < -0.3 is 5.11 Å². The molecular weight excluding hydrogens is 246 g/mol. The van der Waals surface area contributed by atoms with Crippen molar-refractivity contribution in [1.29, 1.82) is 0 Å². The van der Waals surface area contributed by atoms with Crippen molar-refractivity contribution in [3.63, 3.8) is 0 Å². The first-order chi connectivity index (χ1) is 7.19. The summed E-state index contributed by atoms with van der Waals surface area (Å²) in [5, 5.41) is 10.5. The Morgan fingerprint density at radius 1 is 1.18 bits per heavy atom. The number of hydrogen-bond acceptors (Lipinski definition) is 2. The number of carboxylic acids is 1. The molecule has 0 aliphatic carbocycles. The highest BCUT2D eigenvalue weighted by atomic mass is 27.0. The lowest BCUT2D eigenvalue weighted by Gasteiger charge is -2.34. The molecule has 0 saturated carbocycles. The summed E-state index contributed by atoms with van der Waals surface area (Å²) in [6.45, 7) is 10.6. The van der Waals surface area contributed by atoms with Gasteiger partial charge in [0.1, 0.15) is 11.2 Å². The number of ketones is 1. The highest BCUT2D eigenvalue weighted by molar-refractivity contribution is 6.08. The molecule has 3 nitrogen and oxygen atoms in total. The lowest BCUT2D eigenvalue weighted by molar-refractivity contribution is -0.161. The highest BCUT2D eigenvalue weighted by Gasteiger charge is 2.48. The second-order valence-corrected chi connectivity index (χ2v) is 6.16. The molecule has 0 unspecified atom stereocenters. The molecule has 0 aliphatic rings. The first-order valence-electron chi connectivity index (χ1n) is 5.93. The van der Waals surface area contributed by atoms with Crippen LogP contribution in [0.4, 0.5) is 0 Å². The molecule has 0 aromatic rings. The topological polar surface area (TPSA) is 54.4 Å². The third-order valence-corrected chi connectivity index (χ3v) is 2.76. The molecule has 0 bridgehead atoms. The van der Waals surface area contributed by atoms with Crippen LogP contribution in [0.1, 0.15) is 41.5 Å². The lowest BCUT2D eigenvalue weighted by atomic mass is 9.66. The number of carbonyl (C=O) groups excluding carboxylic acids is 1. The van der Waals surface area contributed by atoms with Gasteiger partial charge in [0.25, 0.3) is 0 Å². The van der Waals surface area contributed by atoms with E-state index in [1.807, 2.05) is 0 Å². The summed E-state index contributed by atoms with van der Waals surface area (Å²) in [7, 11) is 0. The molecule has 0 fully saturated rings. The van der Waals surface area contributed by atoms with Crippen LogP contribution in [0.3, 0.4) is 0 Å². The van der Waals surface area contributed by atoms with E-state index < -0.39 is 11.4 Å². The van der Waals surface area contributed by atoms with E-state index in [0.717, 1.165) is 0 Å². The fourth-order valence-corrected chi connectivity index (χ4v) is 2.12. The van der Waals surface area contributed by atoms with Crippen LogP contribution in [0, 0.1) is 17.3 Å². The zero-order valence-corrected chi connectivity index (χ0v) is 13.6. The van der Waals surface area contributed by atoms with Crippen LogP contribution in [0.15, 0.2) is 0 Å². The zero-order valence-electron chi connectivity index (χ0n) is 11.6. The molecule has 0 aromatic heterocycles. The van der Waals surface area contributed by atoms with Crippen LogP contribution in [0.2, 0.25) is 5.28 Å². The SMILES string of the molecule is CC(=O)C(C(=O)O)(C(C)C)C(C)C.C[CH2][AlH2].[AlH3]. The van der Waals surface area contributed by atoms with Crippen molar-refractivity contribution >= 4 is 45.4 Å². The molecule has 17 heavy (non-hydrogen) atoms. The molecule has 1 N–H and O–H groups in total. The Kier molecular flexibility index (Phi) is 13.4. The largest absolute Gasteiger partial charge is 0.480 e. The third kappa shape index (κ3) is 5.58. The van der Waals surface area contributed by atoms with Crippen molar-refractivity contribution in [2.75, 3.05) is 0 Å². The number of Topliss-reactive ketones (excluding diaryl/α,β-unsaturated/α-hetero) is 1. The molecule has 0 amide bonds. The van der Waals surface area contributed by atoms with Gasteiger partial charge >= 0.3 is 5.97 Å². The monoisotopic (exact) mass is 274 g/mol. The molecule has 0 spiro atoms. The Morgan fingerprint density at radius 2 is 1.41 bits per heavy atom. The molecule has 0 saturated heterocycles. The van der Waals surface area contributed by atoms with Crippen molar-refractivity contribution in [1.82, 2.24) is 0 Å². The molecule has 0 aromatic carbocycles. The average molecular weight is 274 g/mol. The fourth-order valence-electron chi connectivity index (χ4n) is 2.12. The first kappa shape index (κ1) is 22.4. The van der Waals surface area contributed by atoms with Gasteiger partial charge in [0.05, 0.1) is 0 Å². The Labute approximate surface area is 124 Å². The van der Waals surface area contributed by atoms with Crippen LogP contribution in [0.5, 0.6) is 0 Å². The highest BCUT2D eigenvalue weighted by Crippen LogP contribution is 2.37. The van der Waals surface area contributed by atoms with Crippen LogP contribution in [-0.2, 0) is 9.59 Å². The van der Waals surface area contributed by atoms with E-state index in [1.165, 1.54) is 28.5 Å². The van der Waals surface area contributed by atoms with E-state index in [9.17, 15) is 9.59 Å². The van der Waals surface area contributed by atoms with Gasteiger partial charge in [-0.1, -0.05) is 34.6 Å². The molecule has 0 aliphatic heterocycles. The number of carboxylic acid groups (broad SMARTS) is 1. The van der Waals surface area contributed by atoms with E-state index in [-0.39, 0.29) is 35.0 Å². The third-order valence-electron chi connectivity index (χ3n) is 2.76. The van der Waals surface area contributed by atoms with Crippen molar-refractivity contribution in [3.05, 3.63) is 0 Å². The number of hydrogen-bond donors (Lipinski definition) is 1. The fraction of sp³-hybridized carbons (Fsp3) is 0.833. The minimum atomic E-state index is -1.22. The second kappa shape index (κ2) is 10.2. The van der Waals surface area contributed by atoms with E-state index in [2.05, 4.69) is 6.92 Å². The summed E-state index contributed by atoms with van der Waals surface area (Å²) in [5.74, 6) is -1.63. The number of rotatable bonds is 4. The van der Waals surface area contributed by atoms with Crippen molar-refractivity contribution < 1.29 is 14.7 Å². The predicted molar refractivity (Wildman–Crippen MR) is 79.4 cm³/mol. The van der Waals surface area contributed by atoms with E-state index in [1.54, 1.807) is 27.7 Å². The van der Waals surface area contributed by atoms with Gasteiger partial charge in [-0.15, -0.1) is 5.28 Å². The van der Waals surface area contributed by atoms with Crippen LogP contribution >= 0.6 is 0 Å². The van der Waals surface area contributed by atoms with Crippen molar-refractivity contribution in [2.45, 2.75) is 46.8 Å². The van der Waals surface area contributed by atoms with Crippen LogP contribution in [-0.4, -0.2) is 50.5 Å². The summed E-state index contributed by atoms with van der Waals surface area (Å²) >= 11 is 1.37. The van der Waals surface area contributed by atoms with E-state index in [0.29, 0.717) is 0 Å². The van der Waals surface area contributed by atoms with Crippen molar-refractivity contribution in [3.8, 4) is 0 Å². The Bertz CT molecular complexity index is 214. The van der Waals surface area contributed by atoms with E-state index in [4.69, 9.17) is 5.11 Å². The Hall–Kier alpha value is 0.205. The number of aliphatic carboxylic acids is 1. The summed E-state index contributed by atoms with van der Waals surface area (Å²) in [5.41, 5.74) is -1.22. The molecule has 0 atom stereocenters. The Balaban J connectivity index is -0.000000440. The van der Waals surface area contributed by atoms with Crippen molar-refractivity contribution in [2.24, 2.45) is 17.3 Å². The summed E-state index contributed by atoms with van der Waals surface area (Å²) in [4.78, 5) is 22.5. The minimum absolute atomic E-state index is 0. The maximum atomic E-state index is 11.4. The van der Waals surface area contributed by atoms with Gasteiger partial charge in [0.2, 0.25) is 16.3 Å². The standard InChI is InChI=1S/C10H18O3.C2H5.2Al.5H/c1-6(2)10(7(3)4,8(5)11)9(12)13;1-2;;;;;;;/h6-7H,1-5H3,(H,12,13);1H2,2H3;;;;;;;. The van der Waals surface area contributed by atoms with Gasteiger partial charge in [-0.3, -0.25) is 9.59 Å². The lowest BCUT2D eigenvalue weighted by Crippen LogP contribution is -2.47. The minimum Gasteiger partial charge on any atom is -0.480 e. The summed E-state index contributed by atoms with van der Waals surface area (Å²) in [6.07, 6.45) is 0. The molecule has 0 radical (unpaired) electrons. The summed E-state index contributed by atoms with van der Waals surface area (Å²) < 4.78 is 0. The molecule has 0 rings (SSSR count). The summed E-state index contributed by atoms with van der Waals surface area (Å²) in [6, 6.07) is 0. The van der Waals surface area contributed by atoms with Gasteiger partial charge in [0, 0.05) is 0 Å². The second-order valence-electron chi connectivity index (χ2n) is 4.75. The average Bonchev–Trinajstić information content (AvgIpc) is 2.01. The normalized spacial score (nSPS) is 10.4. The maximum Gasteiger partial charge on any atom is 0.317 e. The van der Waals surface area contributed by atoms with Crippen LogP contribution < -0.4 is 0 Å². The van der Waals surface area contributed by atoms with E-state index >= 15 is 0 Å². The smallest absolute Gasteiger partial charge is 0.317 e. The molecule has 100 valence electrons. The number of carbonyl (C=O) groups is 2. The molecule has 5 heteroatoms. The first-order valence-corrected chi connectivity index (χ1v) is 7.35.